The molecule has 12 rings (SSSR count). The molecule has 0 aliphatic carbocycles. The van der Waals surface area contributed by atoms with E-state index in [1.807, 2.05) is 12.1 Å². The number of nitrogens with zero attached hydrogens (tertiary/aromatic N) is 1. The molecule has 0 bridgehead atoms. The second-order valence-electron chi connectivity index (χ2n) is 15.6. The van der Waals surface area contributed by atoms with Crippen molar-refractivity contribution in [3.8, 4) is 44.5 Å². The van der Waals surface area contributed by atoms with E-state index in [-0.39, 0.29) is 0 Å². The van der Waals surface area contributed by atoms with E-state index >= 15 is 0 Å². The van der Waals surface area contributed by atoms with Crippen LogP contribution in [0.3, 0.4) is 0 Å². The van der Waals surface area contributed by atoms with Crippen LogP contribution in [0.2, 0.25) is 0 Å². The highest BCUT2D eigenvalue weighted by Gasteiger charge is 2.21. The number of benzene rings is 10. The zero-order valence-corrected chi connectivity index (χ0v) is 33.1. The Hall–Kier alpha value is -8.14. The minimum atomic E-state index is 0.847. The third-order valence-corrected chi connectivity index (χ3v) is 12.1. The molecule has 0 N–H and O–H groups in total. The Morgan fingerprint density at radius 3 is 1.56 bits per heavy atom. The van der Waals surface area contributed by atoms with Gasteiger partial charge in [0.2, 0.25) is 0 Å². The fraction of sp³-hybridized carbons (Fsp3) is 0. The normalized spacial score (nSPS) is 11.6. The van der Waals surface area contributed by atoms with Crippen molar-refractivity contribution in [2.75, 3.05) is 4.90 Å². The first-order valence-electron chi connectivity index (χ1n) is 20.7. The van der Waals surface area contributed by atoms with Gasteiger partial charge in [-0.2, -0.15) is 0 Å². The quantitative estimate of drug-likeness (QED) is 0.161. The van der Waals surface area contributed by atoms with Crippen LogP contribution in [0.25, 0.3) is 99.2 Å². The van der Waals surface area contributed by atoms with Gasteiger partial charge in [-0.05, 0) is 98.2 Å². The maximum Gasteiger partial charge on any atom is 0.159 e. The third kappa shape index (κ3) is 5.98. The molecule has 0 unspecified atom stereocenters. The molecule has 10 aromatic carbocycles. The van der Waals surface area contributed by atoms with Gasteiger partial charge in [0.05, 0.1) is 5.69 Å². The molecule has 2 heterocycles. The first kappa shape index (κ1) is 34.9. The highest BCUT2D eigenvalue weighted by Crippen LogP contribution is 2.45. The molecule has 0 atom stereocenters. The van der Waals surface area contributed by atoms with Gasteiger partial charge in [0.25, 0.3) is 0 Å². The van der Waals surface area contributed by atoms with Gasteiger partial charge < -0.3 is 13.7 Å². The molecule has 3 heteroatoms. The number of fused-ring (bicyclic) bond motifs is 7. The van der Waals surface area contributed by atoms with Crippen LogP contribution in [0.1, 0.15) is 0 Å². The van der Waals surface area contributed by atoms with E-state index in [4.69, 9.17) is 8.83 Å². The van der Waals surface area contributed by atoms with Crippen molar-refractivity contribution in [2.45, 2.75) is 0 Å². The number of rotatable bonds is 7. The lowest BCUT2D eigenvalue weighted by molar-refractivity contribution is 0.669. The average Bonchev–Trinajstić information content (AvgIpc) is 3.91. The molecule has 0 radical (unpaired) electrons. The fourth-order valence-electron chi connectivity index (χ4n) is 9.08. The summed E-state index contributed by atoms with van der Waals surface area (Å²) in [6.45, 7) is 0. The Kier molecular flexibility index (Phi) is 8.17. The zero-order chi connectivity index (χ0) is 40.3. The summed E-state index contributed by atoms with van der Waals surface area (Å²) < 4.78 is 13.2. The Bertz CT molecular complexity index is 3560. The van der Waals surface area contributed by atoms with E-state index in [2.05, 4.69) is 217 Å². The lowest BCUT2D eigenvalue weighted by Gasteiger charge is -2.26. The molecule has 0 aliphatic rings. The zero-order valence-electron chi connectivity index (χ0n) is 33.1. The van der Waals surface area contributed by atoms with E-state index in [0.717, 1.165) is 94.3 Å². The van der Waals surface area contributed by atoms with E-state index < -0.39 is 0 Å². The summed E-state index contributed by atoms with van der Waals surface area (Å²) in [5.41, 5.74) is 15.8. The molecule has 12 aromatic rings. The van der Waals surface area contributed by atoms with E-state index in [1.54, 1.807) is 0 Å². The van der Waals surface area contributed by atoms with Crippen LogP contribution in [-0.4, -0.2) is 0 Å². The Labute approximate surface area is 353 Å². The molecule has 286 valence electrons. The van der Waals surface area contributed by atoms with Crippen molar-refractivity contribution in [1.82, 2.24) is 0 Å². The summed E-state index contributed by atoms with van der Waals surface area (Å²) in [5.74, 6) is 0. The SMILES string of the molecule is c1ccc(-c2cccc3c2oc2c(N(c4ccc(-c5ccc(-c6ccc7c(c6)oc6ccccc67)cc5)cc4)c4ccc(-c5cccc6ccccc56)cc4)cccc23)cc1. The largest absolute Gasteiger partial charge is 0.456 e. The highest BCUT2D eigenvalue weighted by molar-refractivity contribution is 6.13. The number of para-hydroxylation sites is 3. The topological polar surface area (TPSA) is 29.5 Å². The van der Waals surface area contributed by atoms with Gasteiger partial charge in [-0.1, -0.05) is 176 Å². The Morgan fingerprint density at radius 2 is 0.787 bits per heavy atom. The molecule has 0 amide bonds. The molecule has 0 saturated heterocycles. The molecule has 0 saturated carbocycles. The Morgan fingerprint density at radius 1 is 0.279 bits per heavy atom. The summed E-state index contributed by atoms with van der Waals surface area (Å²) in [6, 6.07) is 79.8. The second kappa shape index (κ2) is 14.3. The van der Waals surface area contributed by atoms with Crippen LogP contribution in [0.4, 0.5) is 17.1 Å². The van der Waals surface area contributed by atoms with Crippen LogP contribution in [0, 0.1) is 0 Å². The van der Waals surface area contributed by atoms with Crippen molar-refractivity contribution in [1.29, 1.82) is 0 Å². The predicted octanol–water partition coefficient (Wildman–Crippen LogP) is 16.8. The van der Waals surface area contributed by atoms with Crippen molar-refractivity contribution in [3.05, 3.63) is 224 Å². The van der Waals surface area contributed by atoms with Crippen LogP contribution < -0.4 is 4.90 Å². The molecule has 0 spiro atoms. The molecular weight excluding hydrogens is 743 g/mol. The van der Waals surface area contributed by atoms with Crippen LogP contribution in [0.5, 0.6) is 0 Å². The van der Waals surface area contributed by atoms with Crippen LogP contribution >= 0.6 is 0 Å². The van der Waals surface area contributed by atoms with Crippen molar-refractivity contribution in [2.24, 2.45) is 0 Å². The number of hydrogen-bond donors (Lipinski definition) is 0. The highest BCUT2D eigenvalue weighted by atomic mass is 16.3. The predicted molar refractivity (Wildman–Crippen MR) is 255 cm³/mol. The maximum atomic E-state index is 6.97. The summed E-state index contributed by atoms with van der Waals surface area (Å²) in [4.78, 5) is 2.32. The summed E-state index contributed by atoms with van der Waals surface area (Å²) >= 11 is 0. The van der Waals surface area contributed by atoms with Gasteiger partial charge in [0.15, 0.2) is 5.58 Å². The van der Waals surface area contributed by atoms with Crippen molar-refractivity contribution in [3.63, 3.8) is 0 Å². The van der Waals surface area contributed by atoms with Crippen molar-refractivity contribution >= 4 is 71.7 Å². The Balaban J connectivity index is 0.940. The lowest BCUT2D eigenvalue weighted by atomic mass is 9.98. The number of anilines is 3. The lowest BCUT2D eigenvalue weighted by Crippen LogP contribution is -2.10. The van der Waals surface area contributed by atoms with Gasteiger partial charge in [0, 0.05) is 38.5 Å². The minimum absolute atomic E-state index is 0.847. The molecule has 0 aliphatic heterocycles. The summed E-state index contributed by atoms with van der Waals surface area (Å²) in [5, 5.41) is 6.94. The van der Waals surface area contributed by atoms with Gasteiger partial charge >= 0.3 is 0 Å². The smallest absolute Gasteiger partial charge is 0.159 e. The monoisotopic (exact) mass is 779 g/mol. The fourth-order valence-corrected chi connectivity index (χ4v) is 9.08. The van der Waals surface area contributed by atoms with Crippen LogP contribution in [0.15, 0.2) is 233 Å². The first-order chi connectivity index (χ1) is 30.2. The summed E-state index contributed by atoms with van der Waals surface area (Å²) in [6.07, 6.45) is 0. The minimum Gasteiger partial charge on any atom is -0.456 e. The number of hydrogen-bond acceptors (Lipinski definition) is 3. The standard InChI is InChI=1S/C58H37NO2/c1-2-11-42(12-3-1)49-18-9-19-52-53-20-10-21-54(58(53)61-57(49)52)59(46-34-29-43(30-35-46)48-17-8-14-41-13-4-5-15-47(41)48)45-32-27-39(28-33-45)38-23-25-40(26-24-38)44-31-36-51-50-16-6-7-22-55(50)60-56(51)37-44/h1-37H. The van der Waals surface area contributed by atoms with E-state index in [9.17, 15) is 0 Å². The van der Waals surface area contributed by atoms with Gasteiger partial charge in [-0.25, -0.2) is 0 Å². The maximum absolute atomic E-state index is 6.97. The molecule has 0 fully saturated rings. The molecule has 61 heavy (non-hydrogen) atoms. The number of furan rings is 2. The van der Waals surface area contributed by atoms with E-state index in [1.165, 1.54) is 21.9 Å². The molecule has 3 nitrogen and oxygen atoms in total. The second-order valence-corrected chi connectivity index (χ2v) is 15.6. The average molecular weight is 780 g/mol. The molecular formula is C58H37NO2. The molecule has 2 aromatic heterocycles. The summed E-state index contributed by atoms with van der Waals surface area (Å²) in [7, 11) is 0. The van der Waals surface area contributed by atoms with E-state index in [0.29, 0.717) is 0 Å². The van der Waals surface area contributed by atoms with Gasteiger partial charge in [0.1, 0.15) is 16.7 Å². The third-order valence-electron chi connectivity index (χ3n) is 12.1. The van der Waals surface area contributed by atoms with Crippen LogP contribution in [-0.2, 0) is 0 Å². The first-order valence-corrected chi connectivity index (χ1v) is 20.7. The van der Waals surface area contributed by atoms with Gasteiger partial charge in [-0.3, -0.25) is 0 Å². The van der Waals surface area contributed by atoms with Crippen molar-refractivity contribution < 1.29 is 8.83 Å². The van der Waals surface area contributed by atoms with Gasteiger partial charge in [-0.15, -0.1) is 0 Å².